The molecular formula is C21H23N3O2S2. The van der Waals surface area contributed by atoms with Crippen molar-refractivity contribution in [2.24, 2.45) is 10.7 Å². The standard InChI is InChI=1S/C21H23N3O2S2/c1-20(2)19(22)24-21(3,13-28(20,4)25)18-11-16(12-27-18)14-6-5-7-15(10-14)17-8-9-23-26-17/h5-12H,4,13H2,1-3H3,(H2,22,24)/t21-,28?/m0/s1. The summed E-state index contributed by atoms with van der Waals surface area (Å²) in [6.45, 7) is 5.70. The molecule has 1 unspecified atom stereocenters. The number of nitrogens with zero attached hydrogens (tertiary/aromatic N) is 2. The number of aliphatic imine (C=N–C) groups is 1. The van der Waals surface area contributed by atoms with Gasteiger partial charge in [0, 0.05) is 22.3 Å². The average molecular weight is 414 g/mol. The first kappa shape index (κ1) is 19.0. The number of thiophene rings is 1. The minimum Gasteiger partial charge on any atom is -0.386 e. The molecule has 2 N–H and O–H groups in total. The Labute approximate surface area is 169 Å². The summed E-state index contributed by atoms with van der Waals surface area (Å²) >= 11 is 1.60. The molecule has 0 spiro atoms. The van der Waals surface area contributed by atoms with Crippen LogP contribution in [0, 0.1) is 0 Å². The van der Waals surface area contributed by atoms with Crippen molar-refractivity contribution >= 4 is 32.6 Å². The highest BCUT2D eigenvalue weighted by molar-refractivity contribution is 8.02. The summed E-state index contributed by atoms with van der Waals surface area (Å²) in [5.41, 5.74) is 8.70. The molecule has 5 nitrogen and oxygen atoms in total. The zero-order chi connectivity index (χ0) is 20.2. The Kier molecular flexibility index (Phi) is 4.28. The van der Waals surface area contributed by atoms with Crippen LogP contribution in [0.2, 0.25) is 0 Å². The maximum Gasteiger partial charge on any atom is 0.166 e. The first-order valence-corrected chi connectivity index (χ1v) is 11.7. The van der Waals surface area contributed by atoms with Crippen molar-refractivity contribution in [2.45, 2.75) is 31.1 Å². The molecule has 3 aromatic rings. The molecular weight excluding hydrogens is 390 g/mol. The van der Waals surface area contributed by atoms with Gasteiger partial charge in [0.25, 0.3) is 0 Å². The van der Waals surface area contributed by atoms with E-state index in [1.807, 2.05) is 39.0 Å². The van der Waals surface area contributed by atoms with Crippen molar-refractivity contribution in [1.82, 2.24) is 5.16 Å². The summed E-state index contributed by atoms with van der Waals surface area (Å²) in [6.07, 6.45) is 1.63. The summed E-state index contributed by atoms with van der Waals surface area (Å²) in [5.74, 6) is 5.53. The van der Waals surface area contributed by atoms with Gasteiger partial charge in [-0.3, -0.25) is 9.20 Å². The fourth-order valence-corrected chi connectivity index (χ4v) is 6.40. The minimum atomic E-state index is -2.43. The van der Waals surface area contributed by atoms with Crippen molar-refractivity contribution < 1.29 is 8.73 Å². The van der Waals surface area contributed by atoms with Crippen LogP contribution in [-0.2, 0) is 15.1 Å². The zero-order valence-corrected chi connectivity index (χ0v) is 17.8. The van der Waals surface area contributed by atoms with Gasteiger partial charge >= 0.3 is 0 Å². The highest BCUT2D eigenvalue weighted by atomic mass is 32.2. The van der Waals surface area contributed by atoms with E-state index in [0.29, 0.717) is 11.6 Å². The van der Waals surface area contributed by atoms with Crippen molar-refractivity contribution in [3.05, 3.63) is 52.9 Å². The largest absolute Gasteiger partial charge is 0.386 e. The molecule has 4 rings (SSSR count). The Balaban J connectivity index is 1.73. The topological polar surface area (TPSA) is 81.5 Å². The number of aromatic nitrogens is 1. The summed E-state index contributed by atoms with van der Waals surface area (Å²) in [5, 5.41) is 5.87. The Bertz CT molecular complexity index is 1160. The van der Waals surface area contributed by atoms with E-state index in [-0.39, 0.29) is 0 Å². The summed E-state index contributed by atoms with van der Waals surface area (Å²) < 4.78 is 17.8. The lowest BCUT2D eigenvalue weighted by atomic mass is 9.99. The molecule has 0 bridgehead atoms. The predicted octanol–water partition coefficient (Wildman–Crippen LogP) is 4.15. The SMILES string of the molecule is C=S1(=O)C[C@@](C)(c2cc(-c3cccc(-c4ccno4)c3)cs2)N=C(N)C1(C)C. The number of hydrogen-bond acceptors (Lipinski definition) is 6. The summed E-state index contributed by atoms with van der Waals surface area (Å²) in [7, 11) is -2.43. The maximum absolute atomic E-state index is 13.2. The second-order valence-electron chi connectivity index (χ2n) is 7.89. The quantitative estimate of drug-likeness (QED) is 0.654. The molecule has 0 radical (unpaired) electrons. The highest BCUT2D eigenvalue weighted by Crippen LogP contribution is 2.41. The van der Waals surface area contributed by atoms with Gasteiger partial charge in [-0.1, -0.05) is 23.4 Å². The van der Waals surface area contributed by atoms with E-state index < -0.39 is 19.8 Å². The number of rotatable bonds is 3. The molecule has 1 aromatic carbocycles. The highest BCUT2D eigenvalue weighted by Gasteiger charge is 2.45. The fraction of sp³-hybridized carbons (Fsp3) is 0.286. The molecule has 3 heterocycles. The molecule has 146 valence electrons. The van der Waals surface area contributed by atoms with Crippen LogP contribution in [0.5, 0.6) is 0 Å². The maximum atomic E-state index is 13.2. The number of amidine groups is 1. The van der Waals surface area contributed by atoms with E-state index in [0.717, 1.165) is 27.3 Å². The van der Waals surface area contributed by atoms with Gasteiger partial charge in [-0.15, -0.1) is 11.3 Å². The number of benzene rings is 1. The molecule has 1 aliphatic heterocycles. The third-order valence-electron chi connectivity index (χ3n) is 5.48. The van der Waals surface area contributed by atoms with Gasteiger partial charge in [0.1, 0.15) is 11.4 Å². The monoisotopic (exact) mass is 413 g/mol. The van der Waals surface area contributed by atoms with Gasteiger partial charge in [-0.25, -0.2) is 0 Å². The Hall–Kier alpha value is -2.38. The van der Waals surface area contributed by atoms with Crippen molar-refractivity contribution in [3.8, 4) is 22.5 Å². The van der Waals surface area contributed by atoms with E-state index in [9.17, 15) is 4.21 Å². The molecule has 0 saturated carbocycles. The molecule has 0 saturated heterocycles. The van der Waals surface area contributed by atoms with E-state index in [1.165, 1.54) is 0 Å². The first-order chi connectivity index (χ1) is 13.1. The molecule has 28 heavy (non-hydrogen) atoms. The number of hydrogen-bond donors (Lipinski definition) is 1. The van der Waals surface area contributed by atoms with Crippen LogP contribution >= 0.6 is 11.3 Å². The molecule has 1 aliphatic rings. The van der Waals surface area contributed by atoms with Gasteiger partial charge < -0.3 is 10.3 Å². The van der Waals surface area contributed by atoms with E-state index in [4.69, 9.17) is 15.2 Å². The predicted molar refractivity (Wildman–Crippen MR) is 118 cm³/mol. The smallest absolute Gasteiger partial charge is 0.166 e. The lowest BCUT2D eigenvalue weighted by Gasteiger charge is -2.40. The number of nitrogens with two attached hydrogens (primary N) is 1. The Morgan fingerprint density at radius 2 is 1.93 bits per heavy atom. The molecule has 2 atom stereocenters. The third kappa shape index (κ3) is 2.99. The van der Waals surface area contributed by atoms with Crippen molar-refractivity contribution in [1.29, 1.82) is 0 Å². The van der Waals surface area contributed by atoms with E-state index in [2.05, 4.69) is 34.6 Å². The van der Waals surface area contributed by atoms with Gasteiger partial charge in [0.15, 0.2) is 5.76 Å². The summed E-state index contributed by atoms with van der Waals surface area (Å²) in [4.78, 5) is 5.79. The third-order valence-corrected chi connectivity index (χ3v) is 9.76. The molecule has 0 fully saturated rings. The van der Waals surface area contributed by atoms with Crippen molar-refractivity contribution in [3.63, 3.8) is 0 Å². The van der Waals surface area contributed by atoms with Gasteiger partial charge in [-0.2, -0.15) is 0 Å². The van der Waals surface area contributed by atoms with E-state index in [1.54, 1.807) is 17.5 Å². The van der Waals surface area contributed by atoms with Crippen LogP contribution in [0.4, 0.5) is 0 Å². The molecule has 0 aliphatic carbocycles. The lowest BCUT2D eigenvalue weighted by molar-refractivity contribution is 0.432. The second-order valence-corrected chi connectivity index (χ2v) is 11.7. The molecule has 7 heteroatoms. The summed E-state index contributed by atoms with van der Waals surface area (Å²) in [6, 6.07) is 12.1. The van der Waals surface area contributed by atoms with Gasteiger partial charge in [0.05, 0.1) is 10.9 Å². The lowest BCUT2D eigenvalue weighted by Crippen LogP contribution is -2.54. The second kappa shape index (κ2) is 6.32. The van der Waals surface area contributed by atoms with Crippen LogP contribution in [-0.4, -0.2) is 31.6 Å². The molecule has 2 aromatic heterocycles. The zero-order valence-electron chi connectivity index (χ0n) is 16.1. The van der Waals surface area contributed by atoms with E-state index >= 15 is 0 Å². The van der Waals surface area contributed by atoms with Crippen LogP contribution in [0.25, 0.3) is 22.5 Å². The Morgan fingerprint density at radius 1 is 1.18 bits per heavy atom. The van der Waals surface area contributed by atoms with Gasteiger partial charge in [0.2, 0.25) is 0 Å². The normalized spacial score (nSPS) is 26.8. The van der Waals surface area contributed by atoms with Crippen LogP contribution in [0.1, 0.15) is 25.6 Å². The van der Waals surface area contributed by atoms with Crippen LogP contribution < -0.4 is 5.73 Å². The molecule has 0 amide bonds. The minimum absolute atomic E-state index is 0.381. The average Bonchev–Trinajstić information content (AvgIpc) is 3.32. The van der Waals surface area contributed by atoms with Gasteiger partial charge in [-0.05, 0) is 64.8 Å². The Morgan fingerprint density at radius 3 is 2.61 bits per heavy atom. The fourth-order valence-electron chi connectivity index (χ4n) is 3.37. The van der Waals surface area contributed by atoms with Crippen LogP contribution in [0.15, 0.2) is 57.5 Å². The van der Waals surface area contributed by atoms with Crippen LogP contribution in [0.3, 0.4) is 0 Å². The van der Waals surface area contributed by atoms with Crippen molar-refractivity contribution in [2.75, 3.05) is 5.75 Å². The first-order valence-electron chi connectivity index (χ1n) is 8.93.